The molecule has 1 heterocycles. The van der Waals surface area contributed by atoms with E-state index in [9.17, 15) is 0 Å². The van der Waals surface area contributed by atoms with Gasteiger partial charge in [0.15, 0.2) is 0 Å². The summed E-state index contributed by atoms with van der Waals surface area (Å²) in [5.74, 6) is 1.10. The molecule has 0 nitrogen and oxygen atoms in total. The highest BCUT2D eigenvalue weighted by Gasteiger charge is 2.45. The Kier molecular flexibility index (Phi) is 4.29. The summed E-state index contributed by atoms with van der Waals surface area (Å²) in [4.78, 5) is 1.40. The largest absolute Gasteiger partial charge is 0.161 e. The normalized spacial score (nSPS) is 30.4. The van der Waals surface area contributed by atoms with Gasteiger partial charge in [-0.2, -0.15) is 12.6 Å². The van der Waals surface area contributed by atoms with Crippen molar-refractivity contribution in [2.75, 3.05) is 0 Å². The summed E-state index contributed by atoms with van der Waals surface area (Å²) in [5, 5.41) is 0. The molecule has 2 aromatic rings. The Labute approximate surface area is 148 Å². The SMILES string of the molecule is S[C@]12CCCC[C@@H]1[C@H](c1ccccc1)C=C(c1ccccc1)S2. The number of fused-ring (bicyclic) bond motifs is 1. The molecule has 2 aliphatic rings. The van der Waals surface area contributed by atoms with Crippen LogP contribution in [0.3, 0.4) is 0 Å². The van der Waals surface area contributed by atoms with E-state index in [1.54, 1.807) is 0 Å². The Hall–Kier alpha value is -1.12. The third-order valence-electron chi connectivity index (χ3n) is 5.17. The summed E-state index contributed by atoms with van der Waals surface area (Å²) < 4.78 is 0.0681. The second-order valence-corrected chi connectivity index (χ2v) is 9.11. The molecule has 0 unspecified atom stereocenters. The van der Waals surface area contributed by atoms with Crippen molar-refractivity contribution >= 4 is 29.3 Å². The minimum atomic E-state index is 0.0681. The lowest BCUT2D eigenvalue weighted by Crippen LogP contribution is -2.38. The molecule has 1 aliphatic carbocycles. The minimum Gasteiger partial charge on any atom is -0.161 e. The molecule has 2 heteroatoms. The van der Waals surface area contributed by atoms with Gasteiger partial charge in [-0.3, -0.25) is 0 Å². The molecule has 0 N–H and O–H groups in total. The van der Waals surface area contributed by atoms with Gasteiger partial charge >= 0.3 is 0 Å². The van der Waals surface area contributed by atoms with Crippen molar-refractivity contribution in [3.8, 4) is 0 Å². The molecule has 0 amide bonds. The maximum absolute atomic E-state index is 5.22. The van der Waals surface area contributed by atoms with Crippen molar-refractivity contribution < 1.29 is 0 Å². The first-order chi connectivity index (χ1) is 11.3. The molecule has 23 heavy (non-hydrogen) atoms. The van der Waals surface area contributed by atoms with Crippen molar-refractivity contribution in [1.29, 1.82) is 0 Å². The maximum Gasteiger partial charge on any atom is 0.0665 e. The first-order valence-corrected chi connectivity index (χ1v) is 9.76. The number of hydrogen-bond acceptors (Lipinski definition) is 2. The molecule has 118 valence electrons. The molecule has 1 saturated carbocycles. The van der Waals surface area contributed by atoms with E-state index < -0.39 is 0 Å². The number of thioether (sulfide) groups is 1. The molecule has 1 aliphatic heterocycles. The van der Waals surface area contributed by atoms with Gasteiger partial charge in [0, 0.05) is 10.8 Å². The Morgan fingerprint density at radius 2 is 1.61 bits per heavy atom. The van der Waals surface area contributed by atoms with Crippen molar-refractivity contribution in [2.45, 2.75) is 35.7 Å². The summed E-state index contributed by atoms with van der Waals surface area (Å²) in [6.45, 7) is 0. The standard InChI is InChI=1S/C21H22S2/c22-21-14-8-7-13-19(21)18(16-9-3-1-4-10-16)15-20(23-21)17-11-5-2-6-12-17/h1-6,9-12,15,18-19,22H,7-8,13-14H2/t18-,19+,21-/m0/s1. The maximum atomic E-state index is 5.22. The van der Waals surface area contributed by atoms with Gasteiger partial charge in [-0.05, 0) is 29.9 Å². The topological polar surface area (TPSA) is 0 Å². The number of thiol groups is 1. The van der Waals surface area contributed by atoms with Crippen molar-refractivity contribution in [3.63, 3.8) is 0 Å². The van der Waals surface area contributed by atoms with Crippen LogP contribution in [0.5, 0.6) is 0 Å². The van der Waals surface area contributed by atoms with Crippen LogP contribution in [0.1, 0.15) is 42.7 Å². The first-order valence-electron chi connectivity index (χ1n) is 8.50. The summed E-state index contributed by atoms with van der Waals surface area (Å²) in [6, 6.07) is 21.8. The molecule has 2 aromatic carbocycles. The lowest BCUT2D eigenvalue weighted by Gasteiger charge is -2.47. The quantitative estimate of drug-likeness (QED) is 0.620. The van der Waals surface area contributed by atoms with Crippen LogP contribution >= 0.6 is 24.4 Å². The number of rotatable bonds is 2. The third kappa shape index (κ3) is 2.99. The van der Waals surface area contributed by atoms with Gasteiger partial charge in [-0.15, -0.1) is 11.8 Å². The highest BCUT2D eigenvalue weighted by molar-refractivity contribution is 8.18. The van der Waals surface area contributed by atoms with Gasteiger partial charge in [0.25, 0.3) is 0 Å². The molecule has 3 atom stereocenters. The fourth-order valence-electron chi connectivity index (χ4n) is 4.01. The van der Waals surface area contributed by atoms with Crippen molar-refractivity contribution in [3.05, 3.63) is 77.9 Å². The molecule has 0 aromatic heterocycles. The van der Waals surface area contributed by atoms with Crippen LogP contribution in [0.25, 0.3) is 4.91 Å². The number of hydrogen-bond donors (Lipinski definition) is 1. The van der Waals surface area contributed by atoms with E-state index in [1.165, 1.54) is 41.7 Å². The van der Waals surface area contributed by atoms with Crippen LogP contribution in [0.2, 0.25) is 0 Å². The molecule has 0 spiro atoms. The van der Waals surface area contributed by atoms with Gasteiger partial charge in [-0.25, -0.2) is 0 Å². The zero-order valence-electron chi connectivity index (χ0n) is 13.2. The summed E-state index contributed by atoms with van der Waals surface area (Å²) >= 11 is 7.21. The predicted octanol–water partition coefficient (Wildman–Crippen LogP) is 6.37. The highest BCUT2D eigenvalue weighted by Crippen LogP contribution is 2.60. The molecule has 4 rings (SSSR count). The first kappa shape index (κ1) is 15.4. The summed E-state index contributed by atoms with van der Waals surface area (Å²) in [5.41, 5.74) is 2.77. The van der Waals surface area contributed by atoms with E-state index in [0.29, 0.717) is 11.8 Å². The molecule has 0 radical (unpaired) electrons. The molecule has 0 bridgehead atoms. The zero-order chi connectivity index (χ0) is 15.7. The fourth-order valence-corrected chi connectivity index (χ4v) is 6.26. The van der Waals surface area contributed by atoms with Gasteiger partial charge < -0.3 is 0 Å². The second-order valence-electron chi connectivity index (χ2n) is 6.63. The van der Waals surface area contributed by atoms with E-state index in [-0.39, 0.29) is 4.08 Å². The highest BCUT2D eigenvalue weighted by atomic mass is 32.2. The summed E-state index contributed by atoms with van der Waals surface area (Å²) in [7, 11) is 0. The van der Waals surface area contributed by atoms with Gasteiger partial charge in [0.2, 0.25) is 0 Å². The van der Waals surface area contributed by atoms with Gasteiger partial charge in [0.1, 0.15) is 0 Å². The van der Waals surface area contributed by atoms with Gasteiger partial charge in [0.05, 0.1) is 4.08 Å². The van der Waals surface area contributed by atoms with Crippen LogP contribution in [0, 0.1) is 5.92 Å². The van der Waals surface area contributed by atoms with Crippen LogP contribution in [-0.4, -0.2) is 4.08 Å². The number of benzene rings is 2. The lowest BCUT2D eigenvalue weighted by atomic mass is 9.75. The third-order valence-corrected chi connectivity index (χ3v) is 7.45. The average molecular weight is 339 g/mol. The second kappa shape index (κ2) is 6.41. The molecular weight excluding hydrogens is 316 g/mol. The molecule has 0 saturated heterocycles. The fraction of sp³-hybridized carbons (Fsp3) is 0.333. The predicted molar refractivity (Wildman–Crippen MR) is 105 cm³/mol. The van der Waals surface area contributed by atoms with Crippen LogP contribution < -0.4 is 0 Å². The Bertz CT molecular complexity index is 692. The molecular formula is C21H22S2. The van der Waals surface area contributed by atoms with Crippen LogP contribution in [-0.2, 0) is 0 Å². The van der Waals surface area contributed by atoms with Crippen molar-refractivity contribution in [2.24, 2.45) is 5.92 Å². The summed E-state index contributed by atoms with van der Waals surface area (Å²) in [6.07, 6.45) is 7.63. The van der Waals surface area contributed by atoms with E-state index in [0.717, 1.165) is 0 Å². The monoisotopic (exact) mass is 338 g/mol. The van der Waals surface area contributed by atoms with E-state index in [1.807, 2.05) is 11.8 Å². The van der Waals surface area contributed by atoms with Gasteiger partial charge in [-0.1, -0.05) is 79.6 Å². The average Bonchev–Trinajstić information content (AvgIpc) is 2.61. The van der Waals surface area contributed by atoms with E-state index >= 15 is 0 Å². The van der Waals surface area contributed by atoms with Crippen LogP contribution in [0.15, 0.2) is 66.7 Å². The smallest absolute Gasteiger partial charge is 0.0665 e. The Morgan fingerprint density at radius 1 is 0.913 bits per heavy atom. The van der Waals surface area contributed by atoms with Crippen LogP contribution in [0.4, 0.5) is 0 Å². The Balaban J connectivity index is 1.80. The minimum absolute atomic E-state index is 0.0681. The lowest BCUT2D eigenvalue weighted by molar-refractivity contribution is 0.322. The Morgan fingerprint density at radius 3 is 2.35 bits per heavy atom. The zero-order valence-corrected chi connectivity index (χ0v) is 14.9. The molecule has 1 fully saturated rings. The number of allylic oxidation sites excluding steroid dienone is 1. The van der Waals surface area contributed by atoms with Crippen molar-refractivity contribution in [1.82, 2.24) is 0 Å². The van der Waals surface area contributed by atoms with E-state index in [2.05, 4.69) is 66.7 Å². The van der Waals surface area contributed by atoms with E-state index in [4.69, 9.17) is 12.6 Å².